The van der Waals surface area contributed by atoms with Crippen LogP contribution in [0.2, 0.25) is 0 Å². The lowest BCUT2D eigenvalue weighted by Gasteiger charge is -2.19. The molecule has 0 saturated carbocycles. The molecule has 0 amide bonds. The standard InChI is InChI=1S/C8H16FO5P/c1-4-12-8(10)7(9)15(11,13-5-2)14-6-3/h10H,4-6H2,1-3H3/p-1/b8-7+. The zero-order chi connectivity index (χ0) is 11.9. The molecule has 0 atom stereocenters. The molecule has 0 aliphatic heterocycles. The molecule has 0 aromatic heterocycles. The smallest absolute Gasteiger partial charge is 0.391 e. The monoisotopic (exact) mass is 241 g/mol. The predicted octanol–water partition coefficient (Wildman–Crippen LogP) is 1.75. The highest BCUT2D eigenvalue weighted by atomic mass is 31.2. The maximum Gasteiger partial charge on any atom is 0.391 e. The molecule has 0 aromatic rings. The Kier molecular flexibility index (Phi) is 6.56. The van der Waals surface area contributed by atoms with E-state index < -0.39 is 19.1 Å². The fourth-order valence-corrected chi connectivity index (χ4v) is 2.06. The summed E-state index contributed by atoms with van der Waals surface area (Å²) in [7, 11) is -4.12. The van der Waals surface area contributed by atoms with Crippen molar-refractivity contribution in [2.75, 3.05) is 19.8 Å². The average Bonchev–Trinajstić information content (AvgIpc) is 2.17. The maximum atomic E-state index is 13.3. The molecule has 0 aliphatic rings. The fourth-order valence-electron chi connectivity index (χ4n) is 0.793. The molecule has 0 unspecified atom stereocenters. The first-order chi connectivity index (χ1) is 7.01. The van der Waals surface area contributed by atoms with Crippen molar-refractivity contribution in [3.05, 3.63) is 11.5 Å². The SMILES string of the molecule is CCO/C([O-])=C(\F)P(=O)(OCC)OCC. The first-order valence-corrected chi connectivity index (χ1v) is 6.15. The second-order valence-corrected chi connectivity index (χ2v) is 4.25. The Bertz CT molecular complexity index is 256. The van der Waals surface area contributed by atoms with Gasteiger partial charge in [-0.05, 0) is 20.5 Å². The second-order valence-electron chi connectivity index (χ2n) is 2.34. The lowest BCUT2D eigenvalue weighted by Crippen LogP contribution is -2.11. The van der Waals surface area contributed by atoms with E-state index in [1.165, 1.54) is 20.8 Å². The van der Waals surface area contributed by atoms with Gasteiger partial charge in [0, 0.05) is 0 Å². The van der Waals surface area contributed by atoms with E-state index in [9.17, 15) is 14.1 Å². The minimum atomic E-state index is -4.12. The molecule has 15 heavy (non-hydrogen) atoms. The summed E-state index contributed by atoms with van der Waals surface area (Å²) >= 11 is 0. The molecule has 7 heteroatoms. The average molecular weight is 241 g/mol. The van der Waals surface area contributed by atoms with Gasteiger partial charge < -0.3 is 18.9 Å². The summed E-state index contributed by atoms with van der Waals surface area (Å²) in [5.74, 6) is -1.30. The van der Waals surface area contributed by atoms with Crippen LogP contribution < -0.4 is 5.11 Å². The van der Waals surface area contributed by atoms with Gasteiger partial charge >= 0.3 is 7.60 Å². The predicted molar refractivity (Wildman–Crippen MR) is 50.6 cm³/mol. The molecular weight excluding hydrogens is 226 g/mol. The summed E-state index contributed by atoms with van der Waals surface area (Å²) in [6, 6.07) is 0. The van der Waals surface area contributed by atoms with Gasteiger partial charge in [0.15, 0.2) is 0 Å². The van der Waals surface area contributed by atoms with Gasteiger partial charge in [-0.25, -0.2) is 0 Å². The Morgan fingerprint density at radius 1 is 1.20 bits per heavy atom. The van der Waals surface area contributed by atoms with Gasteiger partial charge in [-0.3, -0.25) is 4.57 Å². The van der Waals surface area contributed by atoms with Crippen molar-refractivity contribution >= 4 is 7.60 Å². The molecule has 0 N–H and O–H groups in total. The van der Waals surface area contributed by atoms with Crippen LogP contribution in [0.15, 0.2) is 11.5 Å². The minimum absolute atomic E-state index is 0.00942. The molecule has 0 fully saturated rings. The summed E-state index contributed by atoms with van der Waals surface area (Å²) in [5, 5.41) is 11.0. The van der Waals surface area contributed by atoms with Crippen molar-refractivity contribution < 1.29 is 27.8 Å². The van der Waals surface area contributed by atoms with Crippen LogP contribution in [0.25, 0.3) is 0 Å². The van der Waals surface area contributed by atoms with E-state index in [1.54, 1.807) is 0 Å². The third-order valence-corrected chi connectivity index (χ3v) is 3.14. The third kappa shape index (κ3) is 4.20. The van der Waals surface area contributed by atoms with E-state index in [1.807, 2.05) is 0 Å². The molecule has 0 aromatic carbocycles. The van der Waals surface area contributed by atoms with Gasteiger partial charge in [-0.1, -0.05) is 6.92 Å². The molecule has 0 spiro atoms. The first-order valence-electron chi connectivity index (χ1n) is 4.61. The summed E-state index contributed by atoms with van der Waals surface area (Å²) in [6.45, 7) is 4.49. The van der Waals surface area contributed by atoms with Crippen molar-refractivity contribution in [3.8, 4) is 0 Å². The molecule has 0 rings (SSSR count). The Labute approximate surface area is 88.4 Å². The Hall–Kier alpha value is -0.580. The summed E-state index contributed by atoms with van der Waals surface area (Å²) < 4.78 is 38.6. The van der Waals surface area contributed by atoms with Crippen LogP contribution in [0.1, 0.15) is 20.8 Å². The van der Waals surface area contributed by atoms with E-state index >= 15 is 0 Å². The van der Waals surface area contributed by atoms with Crippen molar-refractivity contribution in [1.29, 1.82) is 0 Å². The Morgan fingerprint density at radius 2 is 1.67 bits per heavy atom. The van der Waals surface area contributed by atoms with Gasteiger partial charge in [0.05, 0.1) is 19.2 Å². The van der Waals surface area contributed by atoms with Gasteiger partial charge in [0.25, 0.3) is 0 Å². The molecular formula is C8H15FO5P-. The van der Waals surface area contributed by atoms with Gasteiger partial charge in [0.2, 0.25) is 5.57 Å². The topological polar surface area (TPSA) is 67.8 Å². The largest absolute Gasteiger partial charge is 0.611 e. The van der Waals surface area contributed by atoms with Crippen molar-refractivity contribution in [2.24, 2.45) is 0 Å². The molecule has 0 saturated heterocycles. The highest BCUT2D eigenvalue weighted by Crippen LogP contribution is 2.57. The molecule has 90 valence electrons. The third-order valence-electron chi connectivity index (χ3n) is 1.28. The fraction of sp³-hybridized carbons (Fsp3) is 0.750. The Balaban J connectivity index is 4.90. The zero-order valence-corrected chi connectivity index (χ0v) is 9.88. The number of hydrogen-bond acceptors (Lipinski definition) is 5. The van der Waals surface area contributed by atoms with Crippen molar-refractivity contribution in [3.63, 3.8) is 0 Å². The van der Waals surface area contributed by atoms with Crippen molar-refractivity contribution in [2.45, 2.75) is 20.8 Å². The molecule has 0 heterocycles. The summed E-state index contributed by atoms with van der Waals surface area (Å²) in [5.41, 5.74) is -1.51. The van der Waals surface area contributed by atoms with Crippen LogP contribution in [-0.4, -0.2) is 19.8 Å². The number of hydrogen-bond donors (Lipinski definition) is 0. The number of halogens is 1. The van der Waals surface area contributed by atoms with E-state index in [0.717, 1.165) is 0 Å². The van der Waals surface area contributed by atoms with Crippen LogP contribution in [0.5, 0.6) is 0 Å². The zero-order valence-electron chi connectivity index (χ0n) is 8.99. The minimum Gasteiger partial charge on any atom is -0.611 e. The van der Waals surface area contributed by atoms with Crippen LogP contribution in [0.4, 0.5) is 4.39 Å². The van der Waals surface area contributed by atoms with Crippen molar-refractivity contribution in [1.82, 2.24) is 0 Å². The maximum absolute atomic E-state index is 13.3. The van der Waals surface area contributed by atoms with E-state index in [2.05, 4.69) is 13.8 Å². The van der Waals surface area contributed by atoms with Gasteiger partial charge in [0.1, 0.15) is 0 Å². The summed E-state index contributed by atoms with van der Waals surface area (Å²) in [6.07, 6.45) is 0. The molecule has 5 nitrogen and oxygen atoms in total. The molecule has 0 bridgehead atoms. The van der Waals surface area contributed by atoms with Crippen LogP contribution >= 0.6 is 7.60 Å². The lowest BCUT2D eigenvalue weighted by molar-refractivity contribution is -0.359. The second kappa shape index (κ2) is 6.82. The van der Waals surface area contributed by atoms with Crippen LogP contribution in [0.3, 0.4) is 0 Å². The van der Waals surface area contributed by atoms with E-state index in [0.29, 0.717) is 0 Å². The first kappa shape index (κ1) is 14.4. The van der Waals surface area contributed by atoms with E-state index in [4.69, 9.17) is 0 Å². The lowest BCUT2D eigenvalue weighted by atomic mass is 10.8. The normalized spacial score (nSPS) is 13.6. The molecule has 0 aliphatic carbocycles. The molecule has 0 radical (unpaired) electrons. The quantitative estimate of drug-likeness (QED) is 0.501. The highest BCUT2D eigenvalue weighted by molar-refractivity contribution is 7.58. The van der Waals surface area contributed by atoms with Gasteiger partial charge in [-0.2, -0.15) is 4.39 Å². The van der Waals surface area contributed by atoms with Gasteiger partial charge in [-0.15, -0.1) is 0 Å². The van der Waals surface area contributed by atoms with Crippen LogP contribution in [0, 0.1) is 0 Å². The number of ether oxygens (including phenoxy) is 1. The van der Waals surface area contributed by atoms with E-state index in [-0.39, 0.29) is 19.8 Å². The Morgan fingerprint density at radius 3 is 2.00 bits per heavy atom. The number of rotatable bonds is 7. The van der Waals surface area contributed by atoms with Crippen LogP contribution in [-0.2, 0) is 18.3 Å². The summed E-state index contributed by atoms with van der Waals surface area (Å²) in [4.78, 5) is 0. The highest BCUT2D eigenvalue weighted by Gasteiger charge is 2.31.